The van der Waals surface area contributed by atoms with Gasteiger partial charge in [-0.15, -0.1) is 0 Å². The van der Waals surface area contributed by atoms with Gasteiger partial charge in [0.2, 0.25) is 0 Å². The zero-order chi connectivity index (χ0) is 22.0. The van der Waals surface area contributed by atoms with Crippen LogP contribution in [0, 0.1) is 6.92 Å². The summed E-state index contributed by atoms with van der Waals surface area (Å²) >= 11 is 0. The van der Waals surface area contributed by atoms with E-state index < -0.39 is 0 Å². The highest BCUT2D eigenvalue weighted by molar-refractivity contribution is 5.95. The van der Waals surface area contributed by atoms with Crippen LogP contribution in [0.25, 0.3) is 0 Å². The predicted octanol–water partition coefficient (Wildman–Crippen LogP) is 3.86. The Morgan fingerprint density at radius 3 is 2.45 bits per heavy atom. The number of esters is 1. The van der Waals surface area contributed by atoms with Gasteiger partial charge in [0.25, 0.3) is 0 Å². The molecular formula is C25H31N3O3. The van der Waals surface area contributed by atoms with E-state index in [4.69, 9.17) is 4.74 Å². The van der Waals surface area contributed by atoms with Gasteiger partial charge in [-0.1, -0.05) is 29.8 Å². The van der Waals surface area contributed by atoms with Crippen molar-refractivity contribution < 1.29 is 14.3 Å². The number of benzene rings is 2. The Bertz CT molecular complexity index is 962. The molecule has 31 heavy (non-hydrogen) atoms. The number of ether oxygens (including phenoxy) is 1. The quantitative estimate of drug-likeness (QED) is 0.762. The largest absolute Gasteiger partial charge is 0.465 e. The fourth-order valence-corrected chi connectivity index (χ4v) is 4.90. The van der Waals surface area contributed by atoms with Crippen LogP contribution in [-0.2, 0) is 16.7 Å². The van der Waals surface area contributed by atoms with Crippen LogP contribution in [0.1, 0.15) is 46.8 Å². The third-order valence-corrected chi connectivity index (χ3v) is 6.64. The van der Waals surface area contributed by atoms with Gasteiger partial charge in [-0.05, 0) is 69.1 Å². The molecular weight excluding hydrogens is 390 g/mol. The first-order valence-electron chi connectivity index (χ1n) is 11.0. The summed E-state index contributed by atoms with van der Waals surface area (Å²) in [6.45, 7) is 8.28. The summed E-state index contributed by atoms with van der Waals surface area (Å²) in [6.07, 6.45) is 2.05. The molecule has 1 spiro atoms. The van der Waals surface area contributed by atoms with Gasteiger partial charge >= 0.3 is 12.0 Å². The maximum atomic E-state index is 12.7. The number of methoxy groups -OCH3 is 1. The molecule has 2 aliphatic rings. The van der Waals surface area contributed by atoms with E-state index in [1.807, 2.05) is 36.1 Å². The van der Waals surface area contributed by atoms with Crippen molar-refractivity contribution in [2.75, 3.05) is 38.2 Å². The summed E-state index contributed by atoms with van der Waals surface area (Å²) in [5.74, 6) is -0.307. The first kappa shape index (κ1) is 21.4. The Hall–Kier alpha value is -2.86. The SMILES string of the molecule is CCNC(=O)N1CC2(CCN(Cc3ccc(C(=O)OC)cc3)CC2)c2cc(C)ccc21. The Morgan fingerprint density at radius 1 is 1.10 bits per heavy atom. The third-order valence-electron chi connectivity index (χ3n) is 6.64. The molecule has 2 aromatic rings. The lowest BCUT2D eigenvalue weighted by atomic mass is 9.74. The summed E-state index contributed by atoms with van der Waals surface area (Å²) < 4.78 is 4.78. The highest BCUT2D eigenvalue weighted by Gasteiger charge is 2.46. The second-order valence-corrected chi connectivity index (χ2v) is 8.69. The van der Waals surface area contributed by atoms with Crippen molar-refractivity contribution in [3.63, 3.8) is 0 Å². The number of hydrogen-bond donors (Lipinski definition) is 1. The van der Waals surface area contributed by atoms with Gasteiger partial charge in [0.15, 0.2) is 0 Å². The van der Waals surface area contributed by atoms with E-state index in [1.165, 1.54) is 23.8 Å². The Morgan fingerprint density at radius 2 is 1.81 bits per heavy atom. The van der Waals surface area contributed by atoms with Crippen LogP contribution in [0.4, 0.5) is 10.5 Å². The second kappa shape index (κ2) is 8.71. The Kier molecular flexibility index (Phi) is 6.01. The third kappa shape index (κ3) is 4.17. The van der Waals surface area contributed by atoms with Crippen molar-refractivity contribution >= 4 is 17.7 Å². The minimum atomic E-state index is -0.307. The van der Waals surface area contributed by atoms with E-state index in [2.05, 4.69) is 35.3 Å². The first-order valence-corrected chi connectivity index (χ1v) is 11.0. The topological polar surface area (TPSA) is 61.9 Å². The molecule has 0 saturated carbocycles. The lowest BCUT2D eigenvalue weighted by Crippen LogP contribution is -2.47. The number of nitrogens with zero attached hydrogens (tertiary/aromatic N) is 2. The molecule has 6 heteroatoms. The second-order valence-electron chi connectivity index (χ2n) is 8.69. The van der Waals surface area contributed by atoms with E-state index in [9.17, 15) is 9.59 Å². The van der Waals surface area contributed by atoms with Crippen molar-refractivity contribution in [2.45, 2.75) is 38.6 Å². The number of anilines is 1. The number of rotatable bonds is 4. The van der Waals surface area contributed by atoms with Crippen LogP contribution in [0.2, 0.25) is 0 Å². The molecule has 1 saturated heterocycles. The van der Waals surface area contributed by atoms with Crippen LogP contribution in [0.3, 0.4) is 0 Å². The van der Waals surface area contributed by atoms with Crippen molar-refractivity contribution in [1.82, 2.24) is 10.2 Å². The molecule has 0 aliphatic carbocycles. The van der Waals surface area contributed by atoms with Crippen LogP contribution < -0.4 is 10.2 Å². The van der Waals surface area contributed by atoms with Gasteiger partial charge in [-0.25, -0.2) is 9.59 Å². The number of aryl methyl sites for hydroxylation is 1. The van der Waals surface area contributed by atoms with Crippen molar-refractivity contribution in [1.29, 1.82) is 0 Å². The van der Waals surface area contributed by atoms with E-state index in [-0.39, 0.29) is 17.4 Å². The monoisotopic (exact) mass is 421 g/mol. The summed E-state index contributed by atoms with van der Waals surface area (Å²) in [4.78, 5) is 28.7. The average molecular weight is 422 g/mol. The first-order chi connectivity index (χ1) is 15.0. The molecule has 2 heterocycles. The van der Waals surface area contributed by atoms with Crippen molar-refractivity contribution in [3.8, 4) is 0 Å². The summed E-state index contributed by atoms with van der Waals surface area (Å²) in [5, 5.41) is 2.97. The molecule has 0 atom stereocenters. The van der Waals surface area contributed by atoms with Gasteiger partial charge in [-0.2, -0.15) is 0 Å². The van der Waals surface area contributed by atoms with E-state index >= 15 is 0 Å². The highest BCUT2D eigenvalue weighted by Crippen LogP contribution is 2.47. The Balaban J connectivity index is 1.46. The normalized spacial score (nSPS) is 17.5. The number of carbonyl (C=O) groups excluding carboxylic acids is 2. The van der Waals surface area contributed by atoms with Gasteiger partial charge in [0.05, 0.1) is 12.7 Å². The number of carbonyl (C=O) groups is 2. The number of likely N-dealkylation sites (tertiary alicyclic amines) is 1. The van der Waals surface area contributed by atoms with E-state index in [0.29, 0.717) is 12.1 Å². The van der Waals surface area contributed by atoms with Gasteiger partial charge in [0, 0.05) is 30.7 Å². The standard InChI is InChI=1S/C25H31N3O3/c1-4-26-24(30)28-17-25(21-15-18(2)5-10-22(21)28)11-13-27(14-12-25)16-19-6-8-20(9-7-19)23(29)31-3/h5-10,15H,4,11-14,16-17H2,1-3H3,(H,26,30). The zero-order valence-corrected chi connectivity index (χ0v) is 18.6. The van der Waals surface area contributed by atoms with Crippen LogP contribution in [0.15, 0.2) is 42.5 Å². The number of hydrogen-bond acceptors (Lipinski definition) is 4. The molecule has 0 unspecified atom stereocenters. The number of nitrogens with one attached hydrogen (secondary N) is 1. The fraction of sp³-hybridized carbons (Fsp3) is 0.440. The van der Waals surface area contributed by atoms with Crippen LogP contribution in [-0.4, -0.2) is 50.2 Å². The fourth-order valence-electron chi connectivity index (χ4n) is 4.90. The molecule has 164 valence electrons. The average Bonchev–Trinajstić information content (AvgIpc) is 3.09. The molecule has 1 N–H and O–H groups in total. The molecule has 4 rings (SSSR count). The van der Waals surface area contributed by atoms with E-state index in [1.54, 1.807) is 0 Å². The lowest BCUT2D eigenvalue weighted by molar-refractivity contribution is 0.0600. The molecule has 1 fully saturated rings. The minimum Gasteiger partial charge on any atom is -0.465 e. The molecule has 2 aromatic carbocycles. The Labute approximate surface area is 184 Å². The number of piperidine rings is 1. The van der Waals surface area contributed by atoms with Crippen molar-refractivity contribution in [3.05, 3.63) is 64.7 Å². The smallest absolute Gasteiger partial charge is 0.337 e. The highest BCUT2D eigenvalue weighted by atomic mass is 16.5. The number of amides is 2. The summed E-state index contributed by atoms with van der Waals surface area (Å²) in [5.41, 5.74) is 5.41. The molecule has 0 bridgehead atoms. The summed E-state index contributed by atoms with van der Waals surface area (Å²) in [6, 6.07) is 14.1. The van der Waals surface area contributed by atoms with Crippen LogP contribution in [0.5, 0.6) is 0 Å². The van der Waals surface area contributed by atoms with Crippen molar-refractivity contribution in [2.24, 2.45) is 0 Å². The number of urea groups is 1. The molecule has 2 aliphatic heterocycles. The van der Waals surface area contributed by atoms with Gasteiger partial charge in [-0.3, -0.25) is 9.80 Å². The van der Waals surface area contributed by atoms with Gasteiger partial charge < -0.3 is 10.1 Å². The molecule has 0 radical (unpaired) electrons. The summed E-state index contributed by atoms with van der Waals surface area (Å²) in [7, 11) is 1.40. The maximum Gasteiger partial charge on any atom is 0.337 e. The minimum absolute atomic E-state index is 0.00222. The van der Waals surface area contributed by atoms with Gasteiger partial charge in [0.1, 0.15) is 0 Å². The predicted molar refractivity (Wildman–Crippen MR) is 122 cm³/mol. The van der Waals surface area contributed by atoms with E-state index in [0.717, 1.165) is 44.7 Å². The molecule has 6 nitrogen and oxygen atoms in total. The lowest BCUT2D eigenvalue weighted by Gasteiger charge is -2.40. The molecule has 2 amide bonds. The zero-order valence-electron chi connectivity index (χ0n) is 18.6. The maximum absolute atomic E-state index is 12.7. The number of fused-ring (bicyclic) bond motifs is 2. The molecule has 0 aromatic heterocycles. The van der Waals surface area contributed by atoms with Crippen LogP contribution >= 0.6 is 0 Å².